The number of nitrogens with one attached hydrogen (secondary N) is 3. The van der Waals surface area contributed by atoms with E-state index in [-0.39, 0.29) is 5.69 Å². The molecule has 136 valence electrons. The third-order valence-electron chi connectivity index (χ3n) is 3.73. The van der Waals surface area contributed by atoms with E-state index in [9.17, 15) is 18.0 Å². The van der Waals surface area contributed by atoms with Gasteiger partial charge in [-0.1, -0.05) is 18.2 Å². The highest BCUT2D eigenvalue weighted by Gasteiger charge is 2.19. The van der Waals surface area contributed by atoms with Crippen molar-refractivity contribution in [2.75, 3.05) is 4.72 Å². The molecule has 9 nitrogen and oxygen atoms in total. The number of hydrogen-bond donors (Lipinski definition) is 3. The van der Waals surface area contributed by atoms with Crippen molar-refractivity contribution >= 4 is 26.8 Å². The molecule has 27 heavy (non-hydrogen) atoms. The van der Waals surface area contributed by atoms with Crippen LogP contribution in [0.25, 0.3) is 22.6 Å². The summed E-state index contributed by atoms with van der Waals surface area (Å²) in [7, 11) is -4.20. The molecule has 0 saturated carbocycles. The zero-order valence-corrected chi connectivity index (χ0v) is 14.4. The molecule has 0 aliphatic rings. The van der Waals surface area contributed by atoms with E-state index in [1.54, 1.807) is 24.3 Å². The molecule has 0 unspecified atom stereocenters. The Kier molecular flexibility index (Phi) is 3.89. The first-order valence-corrected chi connectivity index (χ1v) is 9.21. The molecule has 4 rings (SSSR count). The Morgan fingerprint density at radius 1 is 1.04 bits per heavy atom. The molecule has 0 saturated heterocycles. The molecular formula is C17H12N4O5S. The lowest BCUT2D eigenvalue weighted by molar-refractivity contribution is 0.599. The average molecular weight is 384 g/mol. The number of H-pyrrole nitrogens is 2. The maximum absolute atomic E-state index is 12.4. The highest BCUT2D eigenvalue weighted by atomic mass is 32.2. The van der Waals surface area contributed by atoms with E-state index in [2.05, 4.69) is 14.7 Å². The normalized spacial score (nSPS) is 11.6. The van der Waals surface area contributed by atoms with E-state index in [4.69, 9.17) is 4.42 Å². The molecule has 2 aromatic carbocycles. The maximum Gasteiger partial charge on any atom is 0.325 e. The number of nitrogens with zero attached hydrogens (tertiary/aromatic N) is 1. The fourth-order valence-electron chi connectivity index (χ4n) is 2.52. The zero-order valence-electron chi connectivity index (χ0n) is 13.6. The Balaban J connectivity index is 1.70. The van der Waals surface area contributed by atoms with Crippen molar-refractivity contribution in [1.29, 1.82) is 0 Å². The summed E-state index contributed by atoms with van der Waals surface area (Å²) in [6.07, 6.45) is 0.841. The van der Waals surface area contributed by atoms with E-state index in [1.165, 1.54) is 12.1 Å². The summed E-state index contributed by atoms with van der Waals surface area (Å²) >= 11 is 0. The second-order valence-electron chi connectivity index (χ2n) is 5.61. The summed E-state index contributed by atoms with van der Waals surface area (Å²) in [5.41, 5.74) is 0.247. The number of anilines is 1. The summed E-state index contributed by atoms with van der Waals surface area (Å²) in [6.45, 7) is 0. The molecule has 0 amide bonds. The first-order valence-electron chi connectivity index (χ1n) is 7.73. The molecule has 0 atom stereocenters. The fraction of sp³-hybridized carbons (Fsp3) is 0. The molecule has 0 aliphatic heterocycles. The number of fused-ring (bicyclic) bond motifs is 1. The lowest BCUT2D eigenvalue weighted by Crippen LogP contribution is -2.29. The van der Waals surface area contributed by atoms with Gasteiger partial charge in [0, 0.05) is 17.4 Å². The van der Waals surface area contributed by atoms with E-state index in [0.717, 1.165) is 6.20 Å². The Labute approximate surface area is 151 Å². The molecule has 10 heteroatoms. The van der Waals surface area contributed by atoms with Crippen LogP contribution >= 0.6 is 0 Å². The minimum atomic E-state index is -4.20. The van der Waals surface area contributed by atoms with Gasteiger partial charge in [0.05, 0.1) is 0 Å². The first-order chi connectivity index (χ1) is 12.9. The number of sulfonamides is 1. The van der Waals surface area contributed by atoms with Gasteiger partial charge in [-0.15, -0.1) is 0 Å². The van der Waals surface area contributed by atoms with Crippen LogP contribution < -0.4 is 16.0 Å². The summed E-state index contributed by atoms with van der Waals surface area (Å²) in [5, 5.41) is 0. The van der Waals surface area contributed by atoms with E-state index >= 15 is 0 Å². The number of oxazole rings is 1. The lowest BCUT2D eigenvalue weighted by Gasteiger charge is -2.07. The van der Waals surface area contributed by atoms with Crippen molar-refractivity contribution in [3.8, 4) is 11.5 Å². The van der Waals surface area contributed by atoms with Crippen LogP contribution in [-0.4, -0.2) is 23.4 Å². The van der Waals surface area contributed by atoms with Gasteiger partial charge in [0.2, 0.25) is 5.89 Å². The van der Waals surface area contributed by atoms with Crippen LogP contribution in [0.5, 0.6) is 0 Å². The van der Waals surface area contributed by atoms with E-state index in [1.807, 2.05) is 17.1 Å². The Morgan fingerprint density at radius 2 is 1.85 bits per heavy atom. The number of hydrogen-bond acceptors (Lipinski definition) is 6. The third-order valence-corrected chi connectivity index (χ3v) is 5.12. The van der Waals surface area contributed by atoms with Crippen molar-refractivity contribution in [1.82, 2.24) is 15.0 Å². The second-order valence-corrected chi connectivity index (χ2v) is 7.26. The maximum atomic E-state index is 12.4. The van der Waals surface area contributed by atoms with Gasteiger partial charge in [0.15, 0.2) is 10.5 Å². The molecular weight excluding hydrogens is 372 g/mol. The quantitative estimate of drug-likeness (QED) is 0.489. The molecule has 0 bridgehead atoms. The molecule has 0 spiro atoms. The number of rotatable bonds is 4. The van der Waals surface area contributed by atoms with Crippen LogP contribution in [0.15, 0.2) is 73.6 Å². The van der Waals surface area contributed by atoms with Crippen LogP contribution in [0.1, 0.15) is 0 Å². The number of aromatic amines is 2. The van der Waals surface area contributed by atoms with Crippen molar-refractivity contribution in [3.05, 3.63) is 75.6 Å². The van der Waals surface area contributed by atoms with Gasteiger partial charge >= 0.3 is 5.69 Å². The highest BCUT2D eigenvalue weighted by Crippen LogP contribution is 2.26. The lowest BCUT2D eigenvalue weighted by atomic mass is 10.2. The molecule has 0 aliphatic carbocycles. The Bertz CT molecular complexity index is 1330. The van der Waals surface area contributed by atoms with Crippen LogP contribution in [-0.2, 0) is 10.0 Å². The Morgan fingerprint density at radius 3 is 2.63 bits per heavy atom. The number of para-hydroxylation sites is 2. The van der Waals surface area contributed by atoms with Gasteiger partial charge in [-0.2, -0.15) is 0 Å². The SMILES string of the molecule is O=c1[nH]cc(S(=O)(=O)Nc2cccc(-c3nc4ccccc4o3)c2)c(=O)[nH]1. The van der Waals surface area contributed by atoms with E-state index < -0.39 is 26.2 Å². The third kappa shape index (κ3) is 3.25. The van der Waals surface area contributed by atoms with Crippen LogP contribution in [0, 0.1) is 0 Å². The van der Waals surface area contributed by atoms with Gasteiger partial charge in [-0.25, -0.2) is 18.2 Å². The van der Waals surface area contributed by atoms with Gasteiger partial charge in [-0.3, -0.25) is 14.5 Å². The minimum absolute atomic E-state index is 0.209. The molecule has 4 aromatic rings. The van der Waals surface area contributed by atoms with Gasteiger partial charge in [0.1, 0.15) is 5.52 Å². The Hall–Kier alpha value is -3.66. The highest BCUT2D eigenvalue weighted by molar-refractivity contribution is 7.92. The van der Waals surface area contributed by atoms with Gasteiger partial charge < -0.3 is 9.40 Å². The largest absolute Gasteiger partial charge is 0.436 e. The summed E-state index contributed by atoms with van der Waals surface area (Å²) in [6, 6.07) is 13.6. The predicted molar refractivity (Wildman–Crippen MR) is 97.9 cm³/mol. The van der Waals surface area contributed by atoms with E-state index in [0.29, 0.717) is 22.6 Å². The second kappa shape index (κ2) is 6.25. The molecule has 3 N–H and O–H groups in total. The number of benzene rings is 2. The standard InChI is InChI=1S/C17H12N4O5S/c22-15-14(9-18-17(23)20-15)27(24,25)21-11-5-3-4-10(8-11)16-19-12-6-1-2-7-13(12)26-16/h1-9,21H,(H2,18,20,22,23). The van der Waals surface area contributed by atoms with Gasteiger partial charge in [0.25, 0.3) is 15.6 Å². The van der Waals surface area contributed by atoms with Crippen LogP contribution in [0.3, 0.4) is 0 Å². The van der Waals surface area contributed by atoms with Crippen molar-refractivity contribution in [2.24, 2.45) is 0 Å². The van der Waals surface area contributed by atoms with Crippen molar-refractivity contribution in [3.63, 3.8) is 0 Å². The molecule has 0 fully saturated rings. The topological polar surface area (TPSA) is 138 Å². The fourth-order valence-corrected chi connectivity index (χ4v) is 3.57. The smallest absolute Gasteiger partial charge is 0.325 e. The van der Waals surface area contributed by atoms with Crippen LogP contribution in [0.4, 0.5) is 5.69 Å². The minimum Gasteiger partial charge on any atom is -0.436 e. The summed E-state index contributed by atoms with van der Waals surface area (Å²) < 4.78 is 32.8. The van der Waals surface area contributed by atoms with Crippen LogP contribution in [0.2, 0.25) is 0 Å². The molecule has 2 aromatic heterocycles. The summed E-state index contributed by atoms with van der Waals surface area (Å²) in [4.78, 5) is 30.6. The summed E-state index contributed by atoms with van der Waals surface area (Å²) in [5.74, 6) is 0.333. The average Bonchev–Trinajstić information content (AvgIpc) is 3.05. The van der Waals surface area contributed by atoms with Crippen molar-refractivity contribution < 1.29 is 12.8 Å². The predicted octanol–water partition coefficient (Wildman–Crippen LogP) is 1.67. The first kappa shape index (κ1) is 16.8. The molecule has 0 radical (unpaired) electrons. The van der Waals surface area contributed by atoms with Crippen molar-refractivity contribution in [2.45, 2.75) is 4.90 Å². The zero-order chi connectivity index (χ0) is 19.0. The van der Waals surface area contributed by atoms with Gasteiger partial charge in [-0.05, 0) is 30.3 Å². The monoisotopic (exact) mass is 384 g/mol. The molecule has 2 heterocycles. The number of aromatic nitrogens is 3.